The summed E-state index contributed by atoms with van der Waals surface area (Å²) in [6.07, 6.45) is 1.21. The fourth-order valence-electron chi connectivity index (χ4n) is 2.50. The Kier molecular flexibility index (Phi) is 6.80. The van der Waals surface area contributed by atoms with Crippen molar-refractivity contribution in [2.24, 2.45) is 5.73 Å². The molecular weight excluding hydrogens is 395 g/mol. The molecule has 0 fully saturated rings. The molecule has 0 aromatic carbocycles. The smallest absolute Gasteiger partial charge is 0.320 e. The number of halogens is 2. The number of pyridine rings is 1. The predicted molar refractivity (Wildman–Crippen MR) is 104 cm³/mol. The van der Waals surface area contributed by atoms with Crippen LogP contribution in [-0.2, 0) is 16.0 Å². The van der Waals surface area contributed by atoms with Gasteiger partial charge in [0, 0.05) is 5.56 Å². The first-order chi connectivity index (χ1) is 12.2. The molecule has 0 saturated heterocycles. The zero-order valence-electron chi connectivity index (χ0n) is 14.7. The van der Waals surface area contributed by atoms with E-state index in [-0.39, 0.29) is 5.15 Å². The first-order valence-corrected chi connectivity index (χ1v) is 9.56. The molecule has 8 heteroatoms. The first-order valence-electron chi connectivity index (χ1n) is 7.99. The minimum Gasteiger partial charge on any atom is -0.459 e. The number of rotatable bonds is 6. The van der Waals surface area contributed by atoms with Crippen molar-refractivity contribution < 1.29 is 14.3 Å². The van der Waals surface area contributed by atoms with E-state index in [0.29, 0.717) is 39.7 Å². The Morgan fingerprint density at radius 1 is 1.38 bits per heavy atom. The maximum atomic E-state index is 13.0. The van der Waals surface area contributed by atoms with Crippen LogP contribution in [0.4, 0.5) is 0 Å². The molecule has 0 aliphatic heterocycles. The highest BCUT2D eigenvalue weighted by atomic mass is 35.5. The van der Waals surface area contributed by atoms with E-state index in [1.54, 1.807) is 39.0 Å². The summed E-state index contributed by atoms with van der Waals surface area (Å²) >= 11 is 13.5. The third-order valence-corrected chi connectivity index (χ3v) is 4.99. The van der Waals surface area contributed by atoms with Gasteiger partial charge in [-0.1, -0.05) is 29.3 Å². The topological polar surface area (TPSA) is 82.3 Å². The lowest BCUT2D eigenvalue weighted by Crippen LogP contribution is -2.29. The van der Waals surface area contributed by atoms with Gasteiger partial charge in [-0.25, -0.2) is 4.98 Å². The number of thiophene rings is 1. The van der Waals surface area contributed by atoms with Gasteiger partial charge in [0.15, 0.2) is 6.29 Å². The van der Waals surface area contributed by atoms with Crippen LogP contribution in [0.2, 0.25) is 9.49 Å². The molecule has 1 unspecified atom stereocenters. The van der Waals surface area contributed by atoms with Crippen molar-refractivity contribution in [1.82, 2.24) is 4.98 Å². The van der Waals surface area contributed by atoms with E-state index in [9.17, 15) is 9.59 Å². The van der Waals surface area contributed by atoms with E-state index in [1.165, 1.54) is 0 Å². The van der Waals surface area contributed by atoms with Crippen molar-refractivity contribution in [2.45, 2.75) is 38.7 Å². The lowest BCUT2D eigenvalue weighted by molar-refractivity contribution is -0.155. The number of aromatic nitrogens is 1. The zero-order valence-corrected chi connectivity index (χ0v) is 17.0. The lowest BCUT2D eigenvalue weighted by Gasteiger charge is -2.25. The molecule has 0 aliphatic rings. The van der Waals surface area contributed by atoms with Gasteiger partial charge in [-0.3, -0.25) is 9.59 Å². The SMILES string of the molecule is CC(C)(C)OC(=O)C(c1cc(C=O)sc1Cl)c1nc(Cl)ccc1CCN. The Hall–Kier alpha value is -1.47. The summed E-state index contributed by atoms with van der Waals surface area (Å²) in [6, 6.07) is 5.02. The molecule has 2 aromatic heterocycles. The third kappa shape index (κ3) is 5.04. The number of hydrogen-bond acceptors (Lipinski definition) is 6. The van der Waals surface area contributed by atoms with E-state index >= 15 is 0 Å². The Balaban J connectivity index is 2.64. The predicted octanol–water partition coefficient (Wildman–Crippen LogP) is 4.24. The average Bonchev–Trinajstić information content (AvgIpc) is 2.89. The Bertz CT molecular complexity index is 815. The summed E-state index contributed by atoms with van der Waals surface area (Å²) in [7, 11) is 0. The molecule has 0 aliphatic carbocycles. The minimum absolute atomic E-state index is 0.247. The maximum absolute atomic E-state index is 13.0. The number of esters is 1. The van der Waals surface area contributed by atoms with E-state index in [2.05, 4.69) is 4.98 Å². The number of nitrogens with zero attached hydrogens (tertiary/aromatic N) is 1. The molecule has 0 radical (unpaired) electrons. The van der Waals surface area contributed by atoms with Crippen LogP contribution in [0.5, 0.6) is 0 Å². The quantitative estimate of drug-likeness (QED) is 0.434. The summed E-state index contributed by atoms with van der Waals surface area (Å²) in [4.78, 5) is 28.9. The number of aldehydes is 1. The largest absolute Gasteiger partial charge is 0.459 e. The fourth-order valence-corrected chi connectivity index (χ4v) is 3.82. The van der Waals surface area contributed by atoms with Crippen molar-refractivity contribution in [3.05, 3.63) is 49.4 Å². The Morgan fingerprint density at radius 2 is 2.08 bits per heavy atom. The van der Waals surface area contributed by atoms with Gasteiger partial charge >= 0.3 is 5.97 Å². The third-order valence-electron chi connectivity index (χ3n) is 3.47. The summed E-state index contributed by atoms with van der Waals surface area (Å²) in [6.45, 7) is 5.72. The van der Waals surface area contributed by atoms with Crippen molar-refractivity contribution in [3.63, 3.8) is 0 Å². The normalized spacial score (nSPS) is 12.7. The first kappa shape index (κ1) is 20.8. The number of ether oxygens (including phenoxy) is 1. The lowest BCUT2D eigenvalue weighted by atomic mass is 9.92. The van der Waals surface area contributed by atoms with Crippen LogP contribution in [0.3, 0.4) is 0 Å². The van der Waals surface area contributed by atoms with Crippen molar-refractivity contribution in [2.75, 3.05) is 6.54 Å². The number of carbonyl (C=O) groups excluding carboxylic acids is 2. The monoisotopic (exact) mass is 414 g/mol. The molecule has 0 amide bonds. The highest BCUT2D eigenvalue weighted by molar-refractivity contribution is 7.17. The Labute approximate surface area is 166 Å². The van der Waals surface area contributed by atoms with Crippen LogP contribution < -0.4 is 5.73 Å². The summed E-state index contributed by atoms with van der Waals surface area (Å²) < 4.78 is 5.92. The number of nitrogens with two attached hydrogens (primary N) is 1. The van der Waals surface area contributed by atoms with E-state index in [0.717, 1.165) is 16.9 Å². The highest BCUT2D eigenvalue weighted by Gasteiger charge is 2.34. The van der Waals surface area contributed by atoms with Gasteiger partial charge in [0.25, 0.3) is 0 Å². The summed E-state index contributed by atoms with van der Waals surface area (Å²) in [5.74, 6) is -1.41. The highest BCUT2D eigenvalue weighted by Crippen LogP contribution is 2.38. The average molecular weight is 415 g/mol. The van der Waals surface area contributed by atoms with E-state index in [4.69, 9.17) is 33.7 Å². The van der Waals surface area contributed by atoms with Gasteiger partial charge in [-0.2, -0.15) is 0 Å². The standard InChI is InChI=1S/C18H20Cl2N2O3S/c1-18(2,3)25-17(24)14(12-8-11(9-23)26-16(12)20)15-10(6-7-21)4-5-13(19)22-15/h4-5,8-9,14H,6-7,21H2,1-3H3. The van der Waals surface area contributed by atoms with Gasteiger partial charge in [-0.15, -0.1) is 11.3 Å². The molecule has 2 rings (SSSR count). The van der Waals surface area contributed by atoms with E-state index in [1.807, 2.05) is 0 Å². The van der Waals surface area contributed by atoms with Crippen molar-refractivity contribution >= 4 is 46.8 Å². The second-order valence-corrected chi connectivity index (χ2v) is 8.75. The molecule has 0 spiro atoms. The molecule has 2 heterocycles. The van der Waals surface area contributed by atoms with Crippen LogP contribution in [-0.4, -0.2) is 29.4 Å². The molecule has 2 N–H and O–H groups in total. The van der Waals surface area contributed by atoms with Crippen LogP contribution in [0.15, 0.2) is 18.2 Å². The van der Waals surface area contributed by atoms with Gasteiger partial charge in [0.05, 0.1) is 14.9 Å². The van der Waals surface area contributed by atoms with Crippen LogP contribution in [0, 0.1) is 0 Å². The van der Waals surface area contributed by atoms with Gasteiger partial charge in [0.2, 0.25) is 0 Å². The summed E-state index contributed by atoms with van der Waals surface area (Å²) in [5, 5.41) is 0.247. The van der Waals surface area contributed by atoms with Gasteiger partial charge < -0.3 is 10.5 Å². The second-order valence-electron chi connectivity index (χ2n) is 6.68. The zero-order chi connectivity index (χ0) is 19.5. The van der Waals surface area contributed by atoms with Crippen LogP contribution in [0.25, 0.3) is 0 Å². The fraction of sp³-hybridized carbons (Fsp3) is 0.389. The van der Waals surface area contributed by atoms with Crippen LogP contribution >= 0.6 is 34.5 Å². The van der Waals surface area contributed by atoms with Crippen LogP contribution in [0.1, 0.15) is 53.2 Å². The maximum Gasteiger partial charge on any atom is 0.320 e. The molecule has 26 heavy (non-hydrogen) atoms. The molecule has 5 nitrogen and oxygen atoms in total. The van der Waals surface area contributed by atoms with Crippen molar-refractivity contribution in [3.8, 4) is 0 Å². The molecule has 0 bridgehead atoms. The molecular formula is C18H20Cl2N2O3S. The van der Waals surface area contributed by atoms with Gasteiger partial charge in [-0.05, 0) is 51.4 Å². The molecule has 2 aromatic rings. The minimum atomic E-state index is -0.896. The second kappa shape index (κ2) is 8.48. The molecule has 1 atom stereocenters. The summed E-state index contributed by atoms with van der Waals surface area (Å²) in [5.41, 5.74) is 6.69. The number of hydrogen-bond donors (Lipinski definition) is 1. The number of carbonyl (C=O) groups is 2. The molecule has 140 valence electrons. The van der Waals surface area contributed by atoms with E-state index < -0.39 is 17.5 Å². The van der Waals surface area contributed by atoms with Crippen molar-refractivity contribution in [1.29, 1.82) is 0 Å². The Morgan fingerprint density at radius 3 is 2.62 bits per heavy atom. The van der Waals surface area contributed by atoms with Gasteiger partial charge in [0.1, 0.15) is 16.7 Å². The molecule has 0 saturated carbocycles.